The van der Waals surface area contributed by atoms with E-state index in [9.17, 15) is 14.4 Å². The number of rotatable bonds is 6. The normalized spacial score (nSPS) is 19.7. The van der Waals surface area contributed by atoms with Gasteiger partial charge in [0.25, 0.3) is 5.91 Å². The summed E-state index contributed by atoms with van der Waals surface area (Å²) in [5.74, 6) is -0.0950. The lowest BCUT2D eigenvalue weighted by Crippen LogP contribution is -2.44. The molecule has 1 unspecified atom stereocenters. The Morgan fingerprint density at radius 1 is 1.23 bits per heavy atom. The van der Waals surface area contributed by atoms with Crippen LogP contribution in [0.1, 0.15) is 57.1 Å². The van der Waals surface area contributed by atoms with Gasteiger partial charge in [0.15, 0.2) is 0 Å². The summed E-state index contributed by atoms with van der Waals surface area (Å²) in [6, 6.07) is 9.55. The zero-order valence-corrected chi connectivity index (χ0v) is 15.5. The van der Waals surface area contributed by atoms with Crippen molar-refractivity contribution < 1.29 is 14.4 Å². The second-order valence-corrected chi connectivity index (χ2v) is 7.37. The van der Waals surface area contributed by atoms with Crippen molar-refractivity contribution in [1.29, 1.82) is 0 Å². The highest BCUT2D eigenvalue weighted by Gasteiger charge is 2.52. The summed E-state index contributed by atoms with van der Waals surface area (Å²) >= 11 is 0. The van der Waals surface area contributed by atoms with Crippen LogP contribution in [0.25, 0.3) is 0 Å². The van der Waals surface area contributed by atoms with Crippen LogP contribution in [0.4, 0.5) is 4.79 Å². The van der Waals surface area contributed by atoms with Gasteiger partial charge in [-0.2, -0.15) is 0 Å². The number of amides is 4. The lowest BCUT2D eigenvalue weighted by atomic mass is 9.98. The Labute approximate surface area is 154 Å². The molecule has 140 valence electrons. The minimum Gasteiger partial charge on any atom is -0.339 e. The first-order chi connectivity index (χ1) is 12.4. The number of hydrogen-bond donors (Lipinski definition) is 1. The van der Waals surface area contributed by atoms with Gasteiger partial charge in [-0.1, -0.05) is 43.2 Å². The molecular formula is C20H27N3O3. The van der Waals surface area contributed by atoms with Crippen molar-refractivity contribution in [2.75, 3.05) is 13.6 Å². The first-order valence-corrected chi connectivity index (χ1v) is 9.39. The van der Waals surface area contributed by atoms with Gasteiger partial charge in [-0.3, -0.25) is 14.5 Å². The number of nitrogens with zero attached hydrogens (tertiary/aromatic N) is 2. The largest absolute Gasteiger partial charge is 0.339 e. The van der Waals surface area contributed by atoms with Crippen molar-refractivity contribution in [3.8, 4) is 0 Å². The molecule has 0 bridgehead atoms. The fourth-order valence-corrected chi connectivity index (χ4v) is 3.93. The van der Waals surface area contributed by atoms with E-state index in [1.54, 1.807) is 11.9 Å². The number of imide groups is 1. The van der Waals surface area contributed by atoms with Gasteiger partial charge in [0.1, 0.15) is 5.54 Å². The third-order valence-corrected chi connectivity index (χ3v) is 5.73. The summed E-state index contributed by atoms with van der Waals surface area (Å²) in [4.78, 5) is 40.2. The summed E-state index contributed by atoms with van der Waals surface area (Å²) in [7, 11) is 1.79. The minimum absolute atomic E-state index is 0.0119. The number of carbonyl (C=O) groups excluding carboxylic acids is 3. The molecule has 1 N–H and O–H groups in total. The van der Waals surface area contributed by atoms with Crippen LogP contribution in [-0.4, -0.2) is 46.8 Å². The quantitative estimate of drug-likeness (QED) is 0.796. The standard InChI is InChI=1S/C20H27N3O3/c1-15(16-9-4-3-5-10-16)22(2)17(24)11-8-14-23-18(25)20(21-19(23)26)12-6-7-13-20/h3-5,9-10,15H,6-8,11-14H2,1-2H3,(H,21,26). The molecule has 1 aromatic rings. The summed E-state index contributed by atoms with van der Waals surface area (Å²) < 4.78 is 0. The molecule has 2 aliphatic rings. The lowest BCUT2D eigenvalue weighted by Gasteiger charge is -2.26. The molecule has 1 aliphatic carbocycles. The molecule has 1 aliphatic heterocycles. The van der Waals surface area contributed by atoms with E-state index in [1.807, 2.05) is 37.3 Å². The molecule has 1 saturated carbocycles. The molecule has 4 amide bonds. The molecule has 0 aromatic heterocycles. The Balaban J connectivity index is 1.51. The zero-order valence-electron chi connectivity index (χ0n) is 15.5. The molecule has 26 heavy (non-hydrogen) atoms. The van der Waals surface area contributed by atoms with Gasteiger partial charge in [-0.15, -0.1) is 0 Å². The van der Waals surface area contributed by atoms with Gasteiger partial charge < -0.3 is 10.2 Å². The molecule has 1 saturated heterocycles. The smallest absolute Gasteiger partial charge is 0.325 e. The Morgan fingerprint density at radius 2 is 1.88 bits per heavy atom. The molecule has 3 rings (SSSR count). The van der Waals surface area contributed by atoms with E-state index < -0.39 is 5.54 Å². The number of nitrogens with one attached hydrogen (secondary N) is 1. The van der Waals surface area contributed by atoms with E-state index in [2.05, 4.69) is 5.32 Å². The summed E-state index contributed by atoms with van der Waals surface area (Å²) in [6.45, 7) is 2.29. The zero-order chi connectivity index (χ0) is 18.7. The van der Waals surface area contributed by atoms with Crippen LogP contribution >= 0.6 is 0 Å². The number of urea groups is 1. The molecular weight excluding hydrogens is 330 g/mol. The fraction of sp³-hybridized carbons (Fsp3) is 0.550. The first kappa shape index (κ1) is 18.4. The van der Waals surface area contributed by atoms with Crippen molar-refractivity contribution in [3.63, 3.8) is 0 Å². The van der Waals surface area contributed by atoms with Crippen molar-refractivity contribution in [1.82, 2.24) is 15.1 Å². The number of benzene rings is 1. The van der Waals surface area contributed by atoms with Crippen molar-refractivity contribution >= 4 is 17.8 Å². The molecule has 6 heteroatoms. The van der Waals surface area contributed by atoms with Crippen LogP contribution < -0.4 is 5.32 Å². The Hall–Kier alpha value is -2.37. The van der Waals surface area contributed by atoms with Crippen molar-refractivity contribution in [2.45, 2.75) is 57.0 Å². The fourth-order valence-electron chi connectivity index (χ4n) is 3.93. The highest BCUT2D eigenvalue weighted by Crippen LogP contribution is 2.35. The molecule has 1 aromatic carbocycles. The van der Waals surface area contributed by atoms with Crippen LogP contribution in [0.2, 0.25) is 0 Å². The van der Waals surface area contributed by atoms with Gasteiger partial charge in [0, 0.05) is 20.0 Å². The molecule has 0 radical (unpaired) electrons. The van der Waals surface area contributed by atoms with Gasteiger partial charge >= 0.3 is 6.03 Å². The van der Waals surface area contributed by atoms with Crippen molar-refractivity contribution in [2.24, 2.45) is 0 Å². The average Bonchev–Trinajstić information content (AvgIpc) is 3.21. The van der Waals surface area contributed by atoms with Crippen LogP contribution in [-0.2, 0) is 9.59 Å². The van der Waals surface area contributed by atoms with Crippen molar-refractivity contribution in [3.05, 3.63) is 35.9 Å². The van der Waals surface area contributed by atoms with E-state index in [4.69, 9.17) is 0 Å². The average molecular weight is 357 g/mol. The summed E-state index contributed by atoms with van der Waals surface area (Å²) in [6.07, 6.45) is 4.20. The lowest BCUT2D eigenvalue weighted by molar-refractivity contribution is -0.133. The second kappa shape index (κ2) is 7.48. The third kappa shape index (κ3) is 3.45. The number of carbonyl (C=O) groups is 3. The topological polar surface area (TPSA) is 69.7 Å². The minimum atomic E-state index is -0.667. The maximum absolute atomic E-state index is 12.6. The summed E-state index contributed by atoms with van der Waals surface area (Å²) in [5.41, 5.74) is 0.417. The monoisotopic (exact) mass is 357 g/mol. The molecule has 1 spiro atoms. The van der Waals surface area contributed by atoms with E-state index >= 15 is 0 Å². The maximum Gasteiger partial charge on any atom is 0.325 e. The maximum atomic E-state index is 12.6. The van der Waals surface area contributed by atoms with E-state index in [0.717, 1.165) is 31.2 Å². The first-order valence-electron chi connectivity index (χ1n) is 9.39. The van der Waals surface area contributed by atoms with E-state index in [-0.39, 0.29) is 23.9 Å². The van der Waals surface area contributed by atoms with Crippen LogP contribution in [0.15, 0.2) is 30.3 Å². The van der Waals surface area contributed by atoms with E-state index in [0.29, 0.717) is 19.4 Å². The second-order valence-electron chi connectivity index (χ2n) is 7.37. The highest BCUT2D eigenvalue weighted by atomic mass is 16.2. The third-order valence-electron chi connectivity index (χ3n) is 5.73. The predicted molar refractivity (Wildman–Crippen MR) is 98.3 cm³/mol. The molecule has 2 fully saturated rings. The SMILES string of the molecule is CC(c1ccccc1)N(C)C(=O)CCCN1C(=O)NC2(CCCC2)C1=O. The van der Waals surface area contributed by atoms with Gasteiger partial charge in [0.2, 0.25) is 5.91 Å². The molecule has 1 atom stereocenters. The van der Waals surface area contributed by atoms with Gasteiger partial charge in [-0.05, 0) is 31.7 Å². The Bertz CT molecular complexity index is 683. The predicted octanol–water partition coefficient (Wildman–Crippen LogP) is 2.85. The van der Waals surface area contributed by atoms with Gasteiger partial charge in [0.05, 0.1) is 6.04 Å². The highest BCUT2D eigenvalue weighted by molar-refractivity contribution is 6.07. The summed E-state index contributed by atoms with van der Waals surface area (Å²) in [5, 5.41) is 2.87. The van der Waals surface area contributed by atoms with Gasteiger partial charge in [-0.25, -0.2) is 4.79 Å². The van der Waals surface area contributed by atoms with Crippen LogP contribution in [0.3, 0.4) is 0 Å². The Morgan fingerprint density at radius 3 is 2.54 bits per heavy atom. The molecule has 6 nitrogen and oxygen atoms in total. The Kier molecular flexibility index (Phi) is 5.30. The number of hydrogen-bond acceptors (Lipinski definition) is 3. The molecule has 1 heterocycles. The van der Waals surface area contributed by atoms with Crippen LogP contribution in [0.5, 0.6) is 0 Å². The van der Waals surface area contributed by atoms with E-state index in [1.165, 1.54) is 4.90 Å². The van der Waals surface area contributed by atoms with Crippen LogP contribution in [0, 0.1) is 0 Å².